The second kappa shape index (κ2) is 7.81. The number of nitrogens with zero attached hydrogens (tertiary/aromatic N) is 1. The van der Waals surface area contributed by atoms with Crippen molar-refractivity contribution < 1.29 is 8.42 Å². The fourth-order valence-corrected chi connectivity index (χ4v) is 3.59. The summed E-state index contributed by atoms with van der Waals surface area (Å²) < 4.78 is 23.3. The van der Waals surface area contributed by atoms with Gasteiger partial charge in [-0.05, 0) is 35.3 Å². The number of hydrogen-bond acceptors (Lipinski definition) is 3. The third kappa shape index (κ3) is 5.15. The highest BCUT2D eigenvalue weighted by Gasteiger charge is 2.10. The summed E-state index contributed by atoms with van der Waals surface area (Å²) in [5, 5.41) is 0. The minimum Gasteiger partial charge on any atom is -0.295 e. The molecule has 0 atom stereocenters. The van der Waals surface area contributed by atoms with Crippen LogP contribution < -0.4 is 0 Å². The van der Waals surface area contributed by atoms with Gasteiger partial charge in [0.05, 0.1) is 4.90 Å². The zero-order chi connectivity index (χ0) is 17.7. The third-order valence-electron chi connectivity index (χ3n) is 4.35. The van der Waals surface area contributed by atoms with Crippen LogP contribution in [0.4, 0.5) is 0 Å². The fraction of sp³-hybridized carbons (Fsp3) is 0.238. The van der Waals surface area contributed by atoms with E-state index in [1.165, 1.54) is 17.4 Å². The van der Waals surface area contributed by atoms with Gasteiger partial charge in [0.15, 0.2) is 9.84 Å². The lowest BCUT2D eigenvalue weighted by Gasteiger charge is -2.25. The van der Waals surface area contributed by atoms with Crippen molar-refractivity contribution in [3.63, 3.8) is 0 Å². The van der Waals surface area contributed by atoms with Crippen molar-refractivity contribution in [2.24, 2.45) is 0 Å². The highest BCUT2D eigenvalue weighted by molar-refractivity contribution is 7.90. The van der Waals surface area contributed by atoms with E-state index in [1.54, 1.807) is 18.2 Å². The van der Waals surface area contributed by atoms with Crippen molar-refractivity contribution in [2.75, 3.05) is 19.3 Å². The third-order valence-corrected chi connectivity index (χ3v) is 5.46. The van der Waals surface area contributed by atoms with Gasteiger partial charge in [0, 0.05) is 25.9 Å². The SMILES string of the molecule is CS(=O)(=O)c1cccc(C=CC2=CCN(Cc3ccccc3)CC2)c1. The first-order chi connectivity index (χ1) is 12.0. The topological polar surface area (TPSA) is 37.4 Å². The molecule has 0 aromatic heterocycles. The number of sulfone groups is 1. The largest absolute Gasteiger partial charge is 0.295 e. The lowest BCUT2D eigenvalue weighted by Crippen LogP contribution is -2.27. The van der Waals surface area contributed by atoms with Crippen molar-refractivity contribution >= 4 is 15.9 Å². The van der Waals surface area contributed by atoms with E-state index in [4.69, 9.17) is 0 Å². The Morgan fingerprint density at radius 3 is 2.52 bits per heavy atom. The fourth-order valence-electron chi connectivity index (χ4n) is 2.92. The van der Waals surface area contributed by atoms with Crippen LogP contribution in [0.15, 0.2) is 77.2 Å². The Labute approximate surface area is 150 Å². The molecule has 130 valence electrons. The highest BCUT2D eigenvalue weighted by Crippen LogP contribution is 2.17. The minimum atomic E-state index is -3.16. The maximum absolute atomic E-state index is 11.6. The minimum absolute atomic E-state index is 0.362. The second-order valence-corrected chi connectivity index (χ2v) is 8.44. The lowest BCUT2D eigenvalue weighted by molar-refractivity contribution is 0.287. The van der Waals surface area contributed by atoms with Crippen molar-refractivity contribution in [3.8, 4) is 0 Å². The molecule has 0 saturated heterocycles. The van der Waals surface area contributed by atoms with Crippen LogP contribution in [0.3, 0.4) is 0 Å². The predicted molar refractivity (Wildman–Crippen MR) is 103 cm³/mol. The van der Waals surface area contributed by atoms with Gasteiger partial charge >= 0.3 is 0 Å². The van der Waals surface area contributed by atoms with Crippen molar-refractivity contribution in [2.45, 2.75) is 17.9 Å². The Balaban J connectivity index is 1.62. The van der Waals surface area contributed by atoms with Crippen LogP contribution >= 0.6 is 0 Å². The van der Waals surface area contributed by atoms with Crippen LogP contribution in [0.1, 0.15) is 17.5 Å². The Kier molecular flexibility index (Phi) is 5.51. The zero-order valence-electron chi connectivity index (χ0n) is 14.4. The molecule has 2 aromatic rings. The van der Waals surface area contributed by atoms with E-state index < -0.39 is 9.84 Å². The number of hydrogen-bond donors (Lipinski definition) is 0. The molecular formula is C21H23NO2S. The van der Waals surface area contributed by atoms with Crippen LogP contribution in [-0.2, 0) is 16.4 Å². The van der Waals surface area contributed by atoms with Crippen LogP contribution in [0, 0.1) is 0 Å². The monoisotopic (exact) mass is 353 g/mol. The number of rotatable bonds is 5. The Morgan fingerprint density at radius 1 is 1.04 bits per heavy atom. The molecule has 3 rings (SSSR count). The van der Waals surface area contributed by atoms with Crippen LogP contribution in [-0.4, -0.2) is 32.7 Å². The normalized spacial score (nSPS) is 16.1. The average molecular weight is 353 g/mol. The summed E-state index contributed by atoms with van der Waals surface area (Å²) in [5.74, 6) is 0. The summed E-state index contributed by atoms with van der Waals surface area (Å²) >= 11 is 0. The molecule has 3 nitrogen and oxygen atoms in total. The van der Waals surface area contributed by atoms with E-state index in [0.717, 1.165) is 31.6 Å². The van der Waals surface area contributed by atoms with Crippen LogP contribution in [0.25, 0.3) is 6.08 Å². The summed E-state index contributed by atoms with van der Waals surface area (Å²) in [6, 6.07) is 17.6. The molecule has 0 bridgehead atoms. The molecule has 0 spiro atoms. The first-order valence-corrected chi connectivity index (χ1v) is 10.3. The molecule has 25 heavy (non-hydrogen) atoms. The summed E-state index contributed by atoms with van der Waals surface area (Å²) in [6.45, 7) is 2.96. The van der Waals surface area contributed by atoms with Gasteiger partial charge in [-0.3, -0.25) is 4.90 Å². The van der Waals surface area contributed by atoms with E-state index in [-0.39, 0.29) is 0 Å². The van der Waals surface area contributed by atoms with Gasteiger partial charge in [-0.2, -0.15) is 0 Å². The highest BCUT2D eigenvalue weighted by atomic mass is 32.2. The zero-order valence-corrected chi connectivity index (χ0v) is 15.2. The van der Waals surface area contributed by atoms with E-state index in [1.807, 2.05) is 18.2 Å². The molecule has 2 aromatic carbocycles. The maximum Gasteiger partial charge on any atom is 0.175 e. The first-order valence-electron chi connectivity index (χ1n) is 8.44. The Morgan fingerprint density at radius 2 is 1.84 bits per heavy atom. The smallest absolute Gasteiger partial charge is 0.175 e. The molecule has 0 fully saturated rings. The van der Waals surface area contributed by atoms with Gasteiger partial charge in [0.1, 0.15) is 0 Å². The van der Waals surface area contributed by atoms with E-state index in [2.05, 4.69) is 41.3 Å². The van der Waals surface area contributed by atoms with Gasteiger partial charge in [-0.25, -0.2) is 8.42 Å². The van der Waals surface area contributed by atoms with Gasteiger partial charge in [0.2, 0.25) is 0 Å². The number of allylic oxidation sites excluding steroid dienone is 1. The van der Waals surface area contributed by atoms with Gasteiger partial charge in [0.25, 0.3) is 0 Å². The lowest BCUT2D eigenvalue weighted by atomic mass is 10.1. The average Bonchev–Trinajstić information content (AvgIpc) is 2.62. The molecule has 1 heterocycles. The molecule has 1 aliphatic heterocycles. The van der Waals surface area contributed by atoms with Gasteiger partial charge < -0.3 is 0 Å². The van der Waals surface area contributed by atoms with E-state index in [0.29, 0.717) is 4.90 Å². The quantitative estimate of drug-likeness (QED) is 0.817. The van der Waals surface area contributed by atoms with Gasteiger partial charge in [-0.1, -0.05) is 60.7 Å². The summed E-state index contributed by atoms with van der Waals surface area (Å²) in [5.41, 5.74) is 3.55. The second-order valence-electron chi connectivity index (χ2n) is 6.43. The van der Waals surface area contributed by atoms with E-state index in [9.17, 15) is 8.42 Å². The number of benzene rings is 2. The van der Waals surface area contributed by atoms with Crippen molar-refractivity contribution in [1.29, 1.82) is 0 Å². The summed E-state index contributed by atoms with van der Waals surface area (Å²) in [6.07, 6.45) is 8.59. The van der Waals surface area contributed by atoms with Crippen molar-refractivity contribution in [1.82, 2.24) is 4.90 Å². The first kappa shape index (κ1) is 17.6. The standard InChI is InChI=1S/C21H23NO2S/c1-25(23,24)21-9-5-8-19(16-21)11-10-18-12-14-22(15-13-18)17-20-6-3-2-4-7-20/h2-12,16H,13-15,17H2,1H3. The molecule has 0 radical (unpaired) electrons. The summed E-state index contributed by atoms with van der Waals surface area (Å²) in [4.78, 5) is 2.79. The molecule has 1 aliphatic rings. The van der Waals surface area contributed by atoms with Crippen LogP contribution in [0.5, 0.6) is 0 Å². The molecule has 0 N–H and O–H groups in total. The Hall–Kier alpha value is -2.17. The molecule has 0 aliphatic carbocycles. The van der Waals surface area contributed by atoms with Crippen molar-refractivity contribution in [3.05, 3.63) is 83.4 Å². The van der Waals surface area contributed by atoms with Crippen LogP contribution in [0.2, 0.25) is 0 Å². The van der Waals surface area contributed by atoms with Gasteiger partial charge in [-0.15, -0.1) is 0 Å². The predicted octanol–water partition coefficient (Wildman–Crippen LogP) is 3.94. The Bertz CT molecular complexity index is 883. The molecular weight excluding hydrogens is 330 g/mol. The molecule has 0 amide bonds. The maximum atomic E-state index is 11.6. The van der Waals surface area contributed by atoms with E-state index >= 15 is 0 Å². The molecule has 4 heteroatoms. The summed E-state index contributed by atoms with van der Waals surface area (Å²) in [7, 11) is -3.16. The molecule has 0 saturated carbocycles. The molecule has 0 unspecified atom stereocenters.